The van der Waals surface area contributed by atoms with E-state index >= 15 is 0 Å². The lowest BCUT2D eigenvalue weighted by Gasteiger charge is -2.08. The lowest BCUT2D eigenvalue weighted by atomic mass is 10.2. The zero-order valence-corrected chi connectivity index (χ0v) is 14.3. The lowest BCUT2D eigenvalue weighted by molar-refractivity contribution is 0.453. The molecule has 3 nitrogen and oxygen atoms in total. The number of hydrogen-bond acceptors (Lipinski definition) is 4. The second-order valence-electron chi connectivity index (χ2n) is 5.46. The van der Waals surface area contributed by atoms with Crippen molar-refractivity contribution in [3.63, 3.8) is 0 Å². The summed E-state index contributed by atoms with van der Waals surface area (Å²) in [6.07, 6.45) is 0. The van der Waals surface area contributed by atoms with Crippen LogP contribution >= 0.6 is 11.8 Å². The van der Waals surface area contributed by atoms with E-state index in [0.29, 0.717) is 16.8 Å². The van der Waals surface area contributed by atoms with Crippen LogP contribution in [0.1, 0.15) is 16.8 Å². The van der Waals surface area contributed by atoms with Gasteiger partial charge in [0.15, 0.2) is 5.16 Å². The molecule has 0 saturated heterocycles. The van der Waals surface area contributed by atoms with E-state index in [1.165, 1.54) is 23.3 Å². The van der Waals surface area contributed by atoms with Crippen LogP contribution in [-0.4, -0.2) is 9.97 Å². The monoisotopic (exact) mass is 340 g/mol. The van der Waals surface area contributed by atoms with Crippen LogP contribution in [0.5, 0.6) is 11.6 Å². The molecule has 0 aliphatic rings. The molecule has 3 rings (SSSR count). The van der Waals surface area contributed by atoms with Crippen LogP contribution < -0.4 is 4.74 Å². The Kier molecular flexibility index (Phi) is 5.11. The summed E-state index contributed by atoms with van der Waals surface area (Å²) in [5.74, 6) is 1.50. The second-order valence-corrected chi connectivity index (χ2v) is 6.40. The van der Waals surface area contributed by atoms with E-state index in [2.05, 4.69) is 41.2 Å². The Labute approximate surface area is 144 Å². The largest absolute Gasteiger partial charge is 0.439 e. The molecular weight excluding hydrogens is 323 g/mol. The number of aromatic nitrogens is 2. The molecule has 0 fully saturated rings. The van der Waals surface area contributed by atoms with Crippen molar-refractivity contribution in [3.05, 3.63) is 77.2 Å². The second kappa shape index (κ2) is 7.45. The van der Waals surface area contributed by atoms with E-state index in [1.807, 2.05) is 6.92 Å². The maximum atomic E-state index is 13.0. The van der Waals surface area contributed by atoms with Crippen LogP contribution in [-0.2, 0) is 5.75 Å². The van der Waals surface area contributed by atoms with E-state index in [0.717, 1.165) is 11.4 Å². The van der Waals surface area contributed by atoms with Gasteiger partial charge in [0.2, 0.25) is 5.88 Å². The van der Waals surface area contributed by atoms with E-state index in [4.69, 9.17) is 4.74 Å². The minimum absolute atomic E-state index is 0.296. The van der Waals surface area contributed by atoms with Gasteiger partial charge in [-0.1, -0.05) is 41.6 Å². The maximum absolute atomic E-state index is 13.0. The summed E-state index contributed by atoms with van der Waals surface area (Å²) < 4.78 is 18.6. The van der Waals surface area contributed by atoms with Gasteiger partial charge in [-0.05, 0) is 43.7 Å². The Hall–Kier alpha value is -2.40. The Morgan fingerprint density at radius 2 is 1.67 bits per heavy atom. The van der Waals surface area contributed by atoms with E-state index in [-0.39, 0.29) is 5.82 Å². The topological polar surface area (TPSA) is 35.0 Å². The number of aryl methyl sites for hydroxylation is 2. The fraction of sp³-hybridized carbons (Fsp3) is 0.158. The van der Waals surface area contributed by atoms with Crippen molar-refractivity contribution in [2.24, 2.45) is 0 Å². The minimum atomic E-state index is -0.296. The third-order valence-corrected chi connectivity index (χ3v) is 4.25. The van der Waals surface area contributed by atoms with E-state index in [1.54, 1.807) is 30.0 Å². The molecule has 3 aromatic rings. The molecule has 0 aliphatic heterocycles. The highest BCUT2D eigenvalue weighted by atomic mass is 32.2. The van der Waals surface area contributed by atoms with Crippen molar-refractivity contribution in [2.45, 2.75) is 24.8 Å². The summed E-state index contributed by atoms with van der Waals surface area (Å²) in [7, 11) is 0. The number of hydrogen-bond donors (Lipinski definition) is 0. The first-order valence-electron chi connectivity index (χ1n) is 7.56. The molecule has 0 amide bonds. The number of nitrogens with zero attached hydrogens (tertiary/aromatic N) is 2. The maximum Gasteiger partial charge on any atom is 0.223 e. The van der Waals surface area contributed by atoms with Crippen molar-refractivity contribution >= 4 is 11.8 Å². The average molecular weight is 340 g/mol. The van der Waals surface area contributed by atoms with Crippen molar-refractivity contribution in [2.75, 3.05) is 0 Å². The van der Waals surface area contributed by atoms with Crippen molar-refractivity contribution in [3.8, 4) is 11.6 Å². The zero-order valence-electron chi connectivity index (χ0n) is 13.5. The standard InChI is InChI=1S/C19H17FN2OS/c1-13-3-5-15(6-4-13)12-24-19-21-14(2)11-18(22-19)23-17-9-7-16(20)8-10-17/h3-11H,12H2,1-2H3. The fourth-order valence-corrected chi connectivity index (χ4v) is 2.94. The molecule has 122 valence electrons. The van der Waals surface area contributed by atoms with Crippen LogP contribution in [0.15, 0.2) is 59.8 Å². The predicted octanol–water partition coefficient (Wildman–Crippen LogP) is 5.32. The molecule has 0 atom stereocenters. The quantitative estimate of drug-likeness (QED) is 0.465. The Balaban J connectivity index is 1.71. The summed E-state index contributed by atoms with van der Waals surface area (Å²) in [5.41, 5.74) is 3.29. The van der Waals surface area contributed by atoms with E-state index in [9.17, 15) is 4.39 Å². The van der Waals surface area contributed by atoms with Gasteiger partial charge in [0, 0.05) is 17.5 Å². The third-order valence-electron chi connectivity index (χ3n) is 3.33. The van der Waals surface area contributed by atoms with Gasteiger partial charge < -0.3 is 4.74 Å². The highest BCUT2D eigenvalue weighted by molar-refractivity contribution is 7.98. The van der Waals surface area contributed by atoms with Crippen molar-refractivity contribution in [1.82, 2.24) is 9.97 Å². The fourth-order valence-electron chi connectivity index (χ4n) is 2.09. The highest BCUT2D eigenvalue weighted by Gasteiger charge is 2.06. The van der Waals surface area contributed by atoms with Gasteiger partial charge in [0.05, 0.1) is 0 Å². The molecule has 24 heavy (non-hydrogen) atoms. The molecule has 0 radical (unpaired) electrons. The summed E-state index contributed by atoms with van der Waals surface area (Å²) >= 11 is 1.56. The minimum Gasteiger partial charge on any atom is -0.439 e. The smallest absolute Gasteiger partial charge is 0.223 e. The van der Waals surface area contributed by atoms with Crippen molar-refractivity contribution < 1.29 is 9.13 Å². The Morgan fingerprint density at radius 3 is 2.38 bits per heavy atom. The molecule has 5 heteroatoms. The van der Waals surface area contributed by atoms with Gasteiger partial charge in [0.25, 0.3) is 0 Å². The van der Waals surface area contributed by atoms with Gasteiger partial charge in [0.1, 0.15) is 11.6 Å². The van der Waals surface area contributed by atoms with Gasteiger partial charge >= 0.3 is 0 Å². The number of rotatable bonds is 5. The van der Waals surface area contributed by atoms with Crippen LogP contribution in [0.25, 0.3) is 0 Å². The predicted molar refractivity (Wildman–Crippen MR) is 94.0 cm³/mol. The summed E-state index contributed by atoms with van der Waals surface area (Å²) in [4.78, 5) is 8.85. The molecule has 1 heterocycles. The Bertz CT molecular complexity index is 820. The molecule has 0 aliphatic carbocycles. The van der Waals surface area contributed by atoms with Crippen LogP contribution in [0.3, 0.4) is 0 Å². The molecule has 0 spiro atoms. The first-order valence-corrected chi connectivity index (χ1v) is 8.54. The van der Waals surface area contributed by atoms with Gasteiger partial charge in [-0.25, -0.2) is 9.37 Å². The molecule has 0 N–H and O–H groups in total. The summed E-state index contributed by atoms with van der Waals surface area (Å²) in [5, 5.41) is 0.660. The zero-order chi connectivity index (χ0) is 16.9. The molecule has 2 aromatic carbocycles. The number of benzene rings is 2. The van der Waals surface area contributed by atoms with Crippen molar-refractivity contribution in [1.29, 1.82) is 0 Å². The van der Waals surface area contributed by atoms with Crippen LogP contribution in [0, 0.1) is 19.7 Å². The lowest BCUT2D eigenvalue weighted by Crippen LogP contribution is -1.95. The summed E-state index contributed by atoms with van der Waals surface area (Å²) in [6, 6.07) is 16.0. The van der Waals surface area contributed by atoms with Crippen LogP contribution in [0.2, 0.25) is 0 Å². The van der Waals surface area contributed by atoms with E-state index < -0.39 is 0 Å². The van der Waals surface area contributed by atoms with Gasteiger partial charge in [-0.15, -0.1) is 0 Å². The number of halogens is 1. The van der Waals surface area contributed by atoms with Crippen LogP contribution in [0.4, 0.5) is 4.39 Å². The first-order chi connectivity index (χ1) is 11.6. The Morgan fingerprint density at radius 1 is 0.958 bits per heavy atom. The number of thioether (sulfide) groups is 1. The van der Waals surface area contributed by atoms with Gasteiger partial charge in [-0.3, -0.25) is 0 Å². The molecule has 1 aromatic heterocycles. The molecular formula is C19H17FN2OS. The molecule has 0 unspecified atom stereocenters. The molecule has 0 bridgehead atoms. The first kappa shape index (κ1) is 16.5. The number of ether oxygens (including phenoxy) is 1. The SMILES string of the molecule is Cc1ccc(CSc2nc(C)cc(Oc3ccc(F)cc3)n2)cc1. The average Bonchev–Trinajstić information content (AvgIpc) is 2.56. The normalized spacial score (nSPS) is 10.6. The highest BCUT2D eigenvalue weighted by Crippen LogP contribution is 2.25. The molecule has 0 saturated carbocycles. The third kappa shape index (κ3) is 4.55. The summed E-state index contributed by atoms with van der Waals surface area (Å²) in [6.45, 7) is 3.97. The van der Waals surface area contributed by atoms with Gasteiger partial charge in [-0.2, -0.15) is 4.98 Å².